The lowest BCUT2D eigenvalue weighted by Gasteiger charge is -2.26. The lowest BCUT2D eigenvalue weighted by Crippen LogP contribution is -2.23. The van der Waals surface area contributed by atoms with Crippen molar-refractivity contribution in [2.24, 2.45) is 0 Å². The number of anilines is 2. The lowest BCUT2D eigenvalue weighted by molar-refractivity contribution is 0.102. The summed E-state index contributed by atoms with van der Waals surface area (Å²) in [5, 5.41) is 22.7. The summed E-state index contributed by atoms with van der Waals surface area (Å²) in [6, 6.07) is 101. The van der Waals surface area contributed by atoms with Gasteiger partial charge in [-0.2, -0.15) is 0 Å². The molecule has 0 atom stereocenters. The Morgan fingerprint density at radius 1 is 0.256 bits per heavy atom. The minimum absolute atomic E-state index is 0.321. The van der Waals surface area contributed by atoms with Crippen molar-refractivity contribution in [3.63, 3.8) is 0 Å². The number of hydrogen-bond donors (Lipinski definition) is 2. The number of hydrogen-bond acceptors (Lipinski definition) is 2. The molecule has 0 bridgehead atoms. The van der Waals surface area contributed by atoms with Crippen LogP contribution in [0.2, 0.25) is 0 Å². The predicted octanol–water partition coefficient (Wildman–Crippen LogP) is 15.7. The molecule has 370 valence electrons. The summed E-state index contributed by atoms with van der Waals surface area (Å²) in [4.78, 5) is 30.0. The molecule has 0 saturated heterocycles. The highest BCUT2D eigenvalue weighted by molar-refractivity contribution is 7.80. The van der Waals surface area contributed by atoms with E-state index in [4.69, 9.17) is 0 Å². The molecule has 0 saturated carbocycles. The SMILES string of the molecule is O=C(Nc1ccc2ccccc2c1-c1c(P(c2ccccc2)c2ccccc2)ccc2ccccc12)c1cccc(C(=O)Nc2ccc3ccccc3c2-c2c(P(c3ccccc3)c3ccccc3)ccc3ccccc23)c1. The molecule has 0 heterocycles. The number of carbonyl (C=O) groups is 2. The van der Waals surface area contributed by atoms with E-state index in [1.807, 2.05) is 12.1 Å². The van der Waals surface area contributed by atoms with Crippen molar-refractivity contribution in [2.75, 3.05) is 10.6 Å². The summed E-state index contributed by atoms with van der Waals surface area (Å²) in [6.45, 7) is 0. The number of fused-ring (bicyclic) bond motifs is 4. The van der Waals surface area contributed by atoms with Crippen molar-refractivity contribution in [3.8, 4) is 22.3 Å². The van der Waals surface area contributed by atoms with Gasteiger partial charge < -0.3 is 10.6 Å². The van der Waals surface area contributed by atoms with E-state index >= 15 is 9.59 Å². The molecule has 4 nitrogen and oxygen atoms in total. The Balaban J connectivity index is 0.910. The minimum atomic E-state index is -1.05. The van der Waals surface area contributed by atoms with Gasteiger partial charge in [0.2, 0.25) is 0 Å². The van der Waals surface area contributed by atoms with Crippen LogP contribution in [-0.2, 0) is 0 Å². The van der Waals surface area contributed by atoms with E-state index < -0.39 is 15.8 Å². The molecule has 6 heteroatoms. The fraction of sp³-hybridized carbons (Fsp3) is 0. The predicted molar refractivity (Wildman–Crippen MR) is 334 cm³/mol. The Hall–Kier alpha value is -9.30. The van der Waals surface area contributed by atoms with E-state index in [1.165, 1.54) is 31.8 Å². The van der Waals surface area contributed by atoms with Crippen LogP contribution >= 0.6 is 15.8 Å². The van der Waals surface area contributed by atoms with Gasteiger partial charge in [-0.25, -0.2) is 0 Å². The third-order valence-electron chi connectivity index (χ3n) is 14.6. The number of rotatable bonds is 12. The van der Waals surface area contributed by atoms with Crippen molar-refractivity contribution < 1.29 is 9.59 Å². The van der Waals surface area contributed by atoms with E-state index in [9.17, 15) is 0 Å². The van der Waals surface area contributed by atoms with Gasteiger partial charge in [-0.3, -0.25) is 9.59 Å². The van der Waals surface area contributed by atoms with E-state index in [2.05, 4.69) is 265 Å². The Morgan fingerprint density at radius 3 is 0.872 bits per heavy atom. The number of nitrogens with one attached hydrogen (secondary N) is 2. The molecule has 13 aromatic rings. The van der Waals surface area contributed by atoms with Gasteiger partial charge in [-0.05, 0) is 121 Å². The summed E-state index contributed by atoms with van der Waals surface area (Å²) >= 11 is 0. The number of carbonyl (C=O) groups excluding carboxylic acids is 2. The molecule has 2 amide bonds. The molecule has 0 fully saturated rings. The molecular weight excluding hydrogens is 987 g/mol. The maximum absolute atomic E-state index is 15.0. The largest absolute Gasteiger partial charge is 0.321 e. The second kappa shape index (κ2) is 21.4. The topological polar surface area (TPSA) is 58.2 Å². The lowest BCUT2D eigenvalue weighted by atomic mass is 9.92. The van der Waals surface area contributed by atoms with Crippen molar-refractivity contribution in [1.82, 2.24) is 0 Å². The van der Waals surface area contributed by atoms with Crippen molar-refractivity contribution in [3.05, 3.63) is 302 Å². The highest BCUT2D eigenvalue weighted by atomic mass is 31.1. The van der Waals surface area contributed by atoms with Crippen LogP contribution in [0.1, 0.15) is 20.7 Å². The fourth-order valence-electron chi connectivity index (χ4n) is 11.1. The number of benzene rings is 13. The minimum Gasteiger partial charge on any atom is -0.321 e. The first kappa shape index (κ1) is 48.3. The third kappa shape index (κ3) is 9.22. The van der Waals surface area contributed by atoms with E-state index in [1.54, 1.807) is 24.3 Å². The van der Waals surface area contributed by atoms with Gasteiger partial charge in [0.1, 0.15) is 0 Å². The van der Waals surface area contributed by atoms with Crippen LogP contribution in [0.5, 0.6) is 0 Å². The van der Waals surface area contributed by atoms with Gasteiger partial charge in [0.15, 0.2) is 0 Å². The zero-order chi connectivity index (χ0) is 52.4. The zero-order valence-corrected chi connectivity index (χ0v) is 44.2. The summed E-state index contributed by atoms with van der Waals surface area (Å²) in [7, 11) is -2.10. The maximum atomic E-state index is 15.0. The van der Waals surface area contributed by atoms with Crippen LogP contribution in [0.4, 0.5) is 11.4 Å². The third-order valence-corrected chi connectivity index (χ3v) is 19.6. The Morgan fingerprint density at radius 2 is 0.538 bits per heavy atom. The summed E-state index contributed by atoms with van der Waals surface area (Å²) in [5.74, 6) is -0.642. The molecule has 78 heavy (non-hydrogen) atoms. The van der Waals surface area contributed by atoms with Crippen molar-refractivity contribution in [1.29, 1.82) is 0 Å². The molecule has 0 aliphatic rings. The first-order valence-corrected chi connectivity index (χ1v) is 28.8. The van der Waals surface area contributed by atoms with Gasteiger partial charge in [0.25, 0.3) is 11.8 Å². The fourth-order valence-corrected chi connectivity index (χ4v) is 16.0. The summed E-state index contributed by atoms with van der Waals surface area (Å²) < 4.78 is 0. The van der Waals surface area contributed by atoms with Crippen molar-refractivity contribution >= 4 is 114 Å². The maximum Gasteiger partial charge on any atom is 0.255 e. The van der Waals surface area contributed by atoms with Crippen molar-refractivity contribution in [2.45, 2.75) is 0 Å². The highest BCUT2D eigenvalue weighted by Crippen LogP contribution is 2.47. The average molecular weight is 1040 g/mol. The van der Waals surface area contributed by atoms with Gasteiger partial charge in [-0.1, -0.05) is 261 Å². The van der Waals surface area contributed by atoms with Crippen LogP contribution < -0.4 is 42.5 Å². The molecular formula is C72H50N2O2P2. The molecule has 0 unspecified atom stereocenters. The normalized spacial score (nSPS) is 11.4. The van der Waals surface area contributed by atoms with Gasteiger partial charge in [0.05, 0.1) is 0 Å². The van der Waals surface area contributed by atoms with E-state index in [-0.39, 0.29) is 11.8 Å². The average Bonchev–Trinajstić information content (AvgIpc) is 3.51. The summed E-state index contributed by atoms with van der Waals surface area (Å²) in [6.07, 6.45) is 0. The van der Waals surface area contributed by atoms with Crippen LogP contribution in [-0.4, -0.2) is 11.8 Å². The van der Waals surface area contributed by atoms with E-state index in [0.29, 0.717) is 22.5 Å². The molecule has 13 aromatic carbocycles. The van der Waals surface area contributed by atoms with Crippen LogP contribution in [0.25, 0.3) is 65.3 Å². The van der Waals surface area contributed by atoms with Crippen LogP contribution in [0, 0.1) is 0 Å². The first-order valence-electron chi connectivity index (χ1n) is 26.2. The second-order valence-corrected chi connectivity index (χ2v) is 23.7. The molecule has 0 aliphatic carbocycles. The molecule has 13 rings (SSSR count). The molecule has 0 radical (unpaired) electrons. The zero-order valence-electron chi connectivity index (χ0n) is 42.4. The first-order chi connectivity index (χ1) is 38.6. The van der Waals surface area contributed by atoms with Gasteiger partial charge in [-0.15, -0.1) is 0 Å². The highest BCUT2D eigenvalue weighted by Gasteiger charge is 2.28. The van der Waals surface area contributed by atoms with Gasteiger partial charge >= 0.3 is 0 Å². The Kier molecular flexibility index (Phi) is 13.3. The van der Waals surface area contributed by atoms with Gasteiger partial charge in [0, 0.05) is 44.8 Å². The standard InChI is InChI=1S/C72H50N2O2P2/c75-71(73-63-44-40-49-22-13-17-36-59(49)67(63)69-61-38-19-15-24-51(61)42-46-65(69)77(55-28-5-1-6-29-55)56-30-7-2-8-31-56)53-26-21-27-54(48-53)72(76)74-64-45-41-50-23-14-18-37-60(50)68(64)70-62-39-20-16-25-52(62)43-47-66(70)78(57-32-9-3-10-33-57)58-34-11-4-12-35-58/h1-48H,(H,73,75)(H,74,76). The Labute approximate surface area is 456 Å². The van der Waals surface area contributed by atoms with Crippen LogP contribution in [0.15, 0.2) is 291 Å². The second-order valence-electron chi connectivity index (χ2n) is 19.3. The quantitative estimate of drug-likeness (QED) is 0.120. The van der Waals surface area contributed by atoms with E-state index in [0.717, 1.165) is 65.3 Å². The number of amides is 2. The monoisotopic (exact) mass is 1040 g/mol. The summed E-state index contributed by atoms with van der Waals surface area (Å²) in [5.41, 5.74) is 6.13. The smallest absolute Gasteiger partial charge is 0.255 e. The molecule has 0 spiro atoms. The van der Waals surface area contributed by atoms with Crippen LogP contribution in [0.3, 0.4) is 0 Å². The molecule has 2 N–H and O–H groups in total. The molecule has 0 aromatic heterocycles. The Bertz CT molecular complexity index is 4020. The molecule has 0 aliphatic heterocycles.